The monoisotopic (exact) mass is 514 g/mol. The number of carbonyl (C=O) groups is 3. The number of Topliss-reactive ketones (excluding diaryl/α,β-unsaturated/α-hetero) is 1. The SMILES string of the molecule is COc1ccccc1C1/C(=C(/O)c2ccc(OCC(C)C)cc2)C(=O)C(=O)N1c1ccc(NC(C)=O)cc1. The molecule has 3 aromatic carbocycles. The molecule has 4 rings (SSSR count). The number of hydrogen-bond donors (Lipinski definition) is 2. The lowest BCUT2D eigenvalue weighted by atomic mass is 9.94. The van der Waals surface area contributed by atoms with Crippen LogP contribution in [-0.2, 0) is 14.4 Å². The Labute approximate surface area is 221 Å². The molecule has 0 aromatic heterocycles. The highest BCUT2D eigenvalue weighted by molar-refractivity contribution is 6.51. The van der Waals surface area contributed by atoms with Crippen LogP contribution in [0.5, 0.6) is 11.5 Å². The van der Waals surface area contributed by atoms with Crippen molar-refractivity contribution >= 4 is 34.7 Å². The van der Waals surface area contributed by atoms with Gasteiger partial charge in [-0.05, 0) is 60.5 Å². The van der Waals surface area contributed by atoms with Crippen LogP contribution in [0.3, 0.4) is 0 Å². The van der Waals surface area contributed by atoms with E-state index in [1.807, 2.05) is 13.8 Å². The molecule has 0 saturated carbocycles. The zero-order valence-corrected chi connectivity index (χ0v) is 21.7. The number of ketones is 1. The van der Waals surface area contributed by atoms with Gasteiger partial charge in [-0.25, -0.2) is 0 Å². The summed E-state index contributed by atoms with van der Waals surface area (Å²) < 4.78 is 11.3. The third kappa shape index (κ3) is 5.39. The molecule has 0 spiro atoms. The van der Waals surface area contributed by atoms with Gasteiger partial charge < -0.3 is 19.9 Å². The molecular weight excluding hydrogens is 484 g/mol. The van der Waals surface area contributed by atoms with Gasteiger partial charge >= 0.3 is 0 Å². The molecule has 0 aliphatic carbocycles. The second-order valence-corrected chi connectivity index (χ2v) is 9.37. The highest BCUT2D eigenvalue weighted by atomic mass is 16.5. The van der Waals surface area contributed by atoms with E-state index < -0.39 is 17.7 Å². The second kappa shape index (κ2) is 11.2. The first kappa shape index (κ1) is 26.5. The Balaban J connectivity index is 1.82. The summed E-state index contributed by atoms with van der Waals surface area (Å²) in [5.41, 5.74) is 1.83. The Hall–Kier alpha value is -4.59. The van der Waals surface area contributed by atoms with E-state index in [4.69, 9.17) is 9.47 Å². The molecule has 1 aliphatic rings. The molecule has 1 atom stereocenters. The average Bonchev–Trinajstić information content (AvgIpc) is 3.17. The summed E-state index contributed by atoms with van der Waals surface area (Å²) >= 11 is 0. The number of amides is 2. The number of rotatable bonds is 8. The fraction of sp³-hybridized carbons (Fsp3) is 0.233. The van der Waals surface area contributed by atoms with E-state index in [2.05, 4.69) is 5.32 Å². The highest BCUT2D eigenvalue weighted by Crippen LogP contribution is 2.45. The summed E-state index contributed by atoms with van der Waals surface area (Å²) in [5, 5.41) is 14.1. The summed E-state index contributed by atoms with van der Waals surface area (Å²) in [6.45, 7) is 6.04. The van der Waals surface area contributed by atoms with Crippen LogP contribution in [0.1, 0.15) is 37.9 Å². The smallest absolute Gasteiger partial charge is 0.300 e. The number of nitrogens with zero attached hydrogens (tertiary/aromatic N) is 1. The maximum absolute atomic E-state index is 13.4. The zero-order chi connectivity index (χ0) is 27.4. The maximum Gasteiger partial charge on any atom is 0.300 e. The molecule has 38 heavy (non-hydrogen) atoms. The molecule has 1 fully saturated rings. The predicted molar refractivity (Wildman–Crippen MR) is 145 cm³/mol. The van der Waals surface area contributed by atoms with Gasteiger partial charge in [-0.3, -0.25) is 19.3 Å². The minimum atomic E-state index is -0.949. The maximum atomic E-state index is 13.4. The lowest BCUT2D eigenvalue weighted by Crippen LogP contribution is -2.29. The van der Waals surface area contributed by atoms with Crippen molar-refractivity contribution in [1.82, 2.24) is 0 Å². The number of ether oxygens (including phenoxy) is 2. The summed E-state index contributed by atoms with van der Waals surface area (Å²) in [6, 6.07) is 19.4. The van der Waals surface area contributed by atoms with Crippen LogP contribution >= 0.6 is 0 Å². The number of methoxy groups -OCH3 is 1. The van der Waals surface area contributed by atoms with Gasteiger partial charge in [0.2, 0.25) is 5.91 Å². The Morgan fingerprint density at radius 1 is 1.00 bits per heavy atom. The van der Waals surface area contributed by atoms with E-state index in [1.165, 1.54) is 18.9 Å². The summed E-state index contributed by atoms with van der Waals surface area (Å²) in [4.78, 5) is 39.6. The van der Waals surface area contributed by atoms with Crippen molar-refractivity contribution in [3.8, 4) is 11.5 Å². The van der Waals surface area contributed by atoms with E-state index in [1.54, 1.807) is 72.8 Å². The van der Waals surface area contributed by atoms with Gasteiger partial charge in [0.1, 0.15) is 17.3 Å². The van der Waals surface area contributed by atoms with Gasteiger partial charge in [0.15, 0.2) is 0 Å². The van der Waals surface area contributed by atoms with Crippen molar-refractivity contribution in [2.45, 2.75) is 26.8 Å². The summed E-state index contributed by atoms with van der Waals surface area (Å²) in [5.74, 6) is -0.679. The molecule has 0 bridgehead atoms. The molecule has 2 N–H and O–H groups in total. The van der Waals surface area contributed by atoms with Gasteiger partial charge in [0, 0.05) is 29.4 Å². The molecule has 196 valence electrons. The number of anilines is 2. The van der Waals surface area contributed by atoms with E-state index in [-0.39, 0.29) is 17.2 Å². The first-order chi connectivity index (χ1) is 18.2. The molecule has 1 aliphatic heterocycles. The third-order valence-corrected chi connectivity index (χ3v) is 6.05. The van der Waals surface area contributed by atoms with Crippen molar-refractivity contribution in [2.24, 2.45) is 5.92 Å². The van der Waals surface area contributed by atoms with Gasteiger partial charge in [-0.15, -0.1) is 0 Å². The number of hydrogen-bond acceptors (Lipinski definition) is 6. The van der Waals surface area contributed by atoms with Crippen LogP contribution in [0.4, 0.5) is 11.4 Å². The number of carbonyl (C=O) groups excluding carboxylic acids is 3. The highest BCUT2D eigenvalue weighted by Gasteiger charge is 2.47. The molecular formula is C30H30N2O6. The third-order valence-electron chi connectivity index (χ3n) is 6.05. The molecule has 8 heteroatoms. The Bertz CT molecular complexity index is 1380. The van der Waals surface area contributed by atoms with Crippen LogP contribution in [0.15, 0.2) is 78.4 Å². The zero-order valence-electron chi connectivity index (χ0n) is 21.7. The first-order valence-electron chi connectivity index (χ1n) is 12.3. The van der Waals surface area contributed by atoms with Crippen LogP contribution in [0, 0.1) is 5.92 Å². The Morgan fingerprint density at radius 2 is 1.66 bits per heavy atom. The standard InChI is InChI=1S/C30H30N2O6/c1-18(2)17-38-23-15-9-20(10-16-23)28(34)26-27(24-7-5-6-8-25(24)37-4)32(30(36)29(26)35)22-13-11-21(12-14-22)31-19(3)33/h5-16,18,27,34H,17H2,1-4H3,(H,31,33)/b28-26-. The van der Waals surface area contributed by atoms with Crippen LogP contribution in [0.2, 0.25) is 0 Å². The van der Waals surface area contributed by atoms with E-state index in [0.29, 0.717) is 46.5 Å². The molecule has 1 heterocycles. The van der Waals surface area contributed by atoms with Crippen molar-refractivity contribution < 1.29 is 29.0 Å². The van der Waals surface area contributed by atoms with Gasteiger partial charge in [-0.1, -0.05) is 32.0 Å². The largest absolute Gasteiger partial charge is 0.507 e. The van der Waals surface area contributed by atoms with Crippen LogP contribution in [-0.4, -0.2) is 36.4 Å². The molecule has 1 unspecified atom stereocenters. The van der Waals surface area contributed by atoms with Crippen molar-refractivity contribution in [1.29, 1.82) is 0 Å². The van der Waals surface area contributed by atoms with E-state index in [0.717, 1.165) is 0 Å². The average molecular weight is 515 g/mol. The van der Waals surface area contributed by atoms with Gasteiger partial charge in [0.05, 0.1) is 25.3 Å². The van der Waals surface area contributed by atoms with Gasteiger partial charge in [-0.2, -0.15) is 0 Å². The van der Waals surface area contributed by atoms with Crippen molar-refractivity contribution in [3.63, 3.8) is 0 Å². The number of benzene rings is 3. The van der Waals surface area contributed by atoms with Crippen molar-refractivity contribution in [3.05, 3.63) is 89.5 Å². The lowest BCUT2D eigenvalue weighted by Gasteiger charge is -2.26. The van der Waals surface area contributed by atoms with Crippen LogP contribution in [0.25, 0.3) is 5.76 Å². The first-order valence-corrected chi connectivity index (χ1v) is 12.3. The second-order valence-electron chi connectivity index (χ2n) is 9.37. The normalized spacial score (nSPS) is 16.6. The quantitative estimate of drug-likeness (QED) is 0.240. The van der Waals surface area contributed by atoms with E-state index >= 15 is 0 Å². The fourth-order valence-corrected chi connectivity index (χ4v) is 4.32. The molecule has 1 saturated heterocycles. The molecule has 3 aromatic rings. The number of aliphatic hydroxyl groups is 1. The lowest BCUT2D eigenvalue weighted by molar-refractivity contribution is -0.132. The molecule has 0 radical (unpaired) electrons. The minimum Gasteiger partial charge on any atom is -0.507 e. The minimum absolute atomic E-state index is 0.0544. The fourth-order valence-electron chi connectivity index (χ4n) is 4.32. The Morgan fingerprint density at radius 3 is 2.26 bits per heavy atom. The summed E-state index contributed by atoms with van der Waals surface area (Å²) in [6.07, 6.45) is 0. The summed E-state index contributed by atoms with van der Waals surface area (Å²) in [7, 11) is 1.50. The van der Waals surface area contributed by atoms with Gasteiger partial charge in [0.25, 0.3) is 11.7 Å². The molecule has 2 amide bonds. The predicted octanol–water partition coefficient (Wildman–Crippen LogP) is 5.31. The number of nitrogens with one attached hydrogen (secondary N) is 1. The van der Waals surface area contributed by atoms with Crippen molar-refractivity contribution in [2.75, 3.05) is 23.9 Å². The Kier molecular flexibility index (Phi) is 7.81. The van der Waals surface area contributed by atoms with Crippen LogP contribution < -0.4 is 19.7 Å². The van der Waals surface area contributed by atoms with E-state index in [9.17, 15) is 19.5 Å². The number of aliphatic hydroxyl groups excluding tert-OH is 1. The number of para-hydroxylation sites is 1. The molecule has 8 nitrogen and oxygen atoms in total. The topological polar surface area (TPSA) is 105 Å².